The first-order valence-corrected chi connectivity index (χ1v) is 4.63. The average molecular weight is 186 g/mol. The van der Waals surface area contributed by atoms with Crippen molar-refractivity contribution in [1.82, 2.24) is 9.80 Å². The van der Waals surface area contributed by atoms with Crippen molar-refractivity contribution in [1.29, 1.82) is 0 Å². The molecule has 0 aliphatic carbocycles. The van der Waals surface area contributed by atoms with E-state index in [4.69, 9.17) is 5.11 Å². The lowest BCUT2D eigenvalue weighted by Crippen LogP contribution is -2.54. The molecule has 0 saturated carbocycles. The van der Waals surface area contributed by atoms with E-state index in [0.29, 0.717) is 6.04 Å². The Balaban J connectivity index is 2.51. The Labute approximate surface area is 79.1 Å². The van der Waals surface area contributed by atoms with Crippen LogP contribution in [0.25, 0.3) is 0 Å². The molecule has 1 N–H and O–H groups in total. The molecule has 4 nitrogen and oxygen atoms in total. The minimum atomic E-state index is -0.709. The van der Waals surface area contributed by atoms with Crippen molar-refractivity contribution >= 4 is 5.97 Å². The Kier molecular flexibility index (Phi) is 3.27. The third-order valence-corrected chi connectivity index (χ3v) is 2.84. The summed E-state index contributed by atoms with van der Waals surface area (Å²) in [5.74, 6) is -0.709. The second-order valence-corrected chi connectivity index (χ2v) is 3.98. The van der Waals surface area contributed by atoms with Gasteiger partial charge < -0.3 is 14.9 Å². The van der Waals surface area contributed by atoms with Crippen LogP contribution in [0.1, 0.15) is 13.3 Å². The molecule has 1 fully saturated rings. The van der Waals surface area contributed by atoms with Gasteiger partial charge in [-0.2, -0.15) is 0 Å². The molecule has 0 unspecified atom stereocenters. The van der Waals surface area contributed by atoms with Gasteiger partial charge in [-0.3, -0.25) is 4.79 Å². The summed E-state index contributed by atoms with van der Waals surface area (Å²) in [6, 6.07) is 0.689. The van der Waals surface area contributed by atoms with Gasteiger partial charge in [0.25, 0.3) is 0 Å². The van der Waals surface area contributed by atoms with Crippen LogP contribution in [0, 0.1) is 0 Å². The van der Waals surface area contributed by atoms with Gasteiger partial charge in [-0.15, -0.1) is 0 Å². The van der Waals surface area contributed by atoms with Gasteiger partial charge in [-0.05, 0) is 21.0 Å². The molecule has 0 aromatic carbocycles. The Morgan fingerprint density at radius 1 is 1.38 bits per heavy atom. The van der Waals surface area contributed by atoms with Gasteiger partial charge in [0.2, 0.25) is 0 Å². The molecular weight excluding hydrogens is 168 g/mol. The summed E-state index contributed by atoms with van der Waals surface area (Å²) in [7, 11) is 4.05. The number of aliphatic carboxylic acids is 1. The van der Waals surface area contributed by atoms with Gasteiger partial charge in [0.1, 0.15) is 0 Å². The Morgan fingerprint density at radius 3 is 2.54 bits per heavy atom. The first-order valence-electron chi connectivity index (χ1n) is 4.63. The maximum atomic E-state index is 10.6. The first kappa shape index (κ1) is 10.5. The first-order chi connectivity index (χ1) is 6.00. The van der Waals surface area contributed by atoms with Crippen LogP contribution >= 0.6 is 0 Å². The SMILES string of the molecule is C[C@H]1CN(C)[C@H](CC(=O)O)CN1C. The highest BCUT2D eigenvalue weighted by molar-refractivity contribution is 5.67. The van der Waals surface area contributed by atoms with Crippen molar-refractivity contribution in [3.8, 4) is 0 Å². The predicted molar refractivity (Wildman–Crippen MR) is 50.8 cm³/mol. The van der Waals surface area contributed by atoms with Crippen LogP contribution < -0.4 is 0 Å². The number of hydrogen-bond donors (Lipinski definition) is 1. The van der Waals surface area contributed by atoms with Crippen LogP contribution in [-0.4, -0.2) is 60.1 Å². The zero-order chi connectivity index (χ0) is 10.0. The molecule has 0 aromatic rings. The number of likely N-dealkylation sites (N-methyl/N-ethyl adjacent to an activating group) is 2. The van der Waals surface area contributed by atoms with Gasteiger partial charge in [0.05, 0.1) is 6.42 Å². The highest BCUT2D eigenvalue weighted by Gasteiger charge is 2.28. The molecule has 0 bridgehead atoms. The van der Waals surface area contributed by atoms with E-state index in [2.05, 4.69) is 16.7 Å². The molecule has 1 saturated heterocycles. The molecular formula is C9H18N2O2. The zero-order valence-electron chi connectivity index (χ0n) is 8.53. The molecule has 0 radical (unpaired) electrons. The highest BCUT2D eigenvalue weighted by Crippen LogP contribution is 2.13. The van der Waals surface area contributed by atoms with Crippen molar-refractivity contribution < 1.29 is 9.90 Å². The van der Waals surface area contributed by atoms with E-state index in [1.165, 1.54) is 0 Å². The Bertz CT molecular complexity index is 196. The van der Waals surface area contributed by atoms with Gasteiger partial charge in [-0.1, -0.05) is 0 Å². The highest BCUT2D eigenvalue weighted by atomic mass is 16.4. The normalized spacial score (nSPS) is 31.9. The number of hydrogen-bond acceptors (Lipinski definition) is 3. The smallest absolute Gasteiger partial charge is 0.304 e. The van der Waals surface area contributed by atoms with Crippen molar-refractivity contribution in [3.63, 3.8) is 0 Å². The number of carboxylic acids is 1. The Morgan fingerprint density at radius 2 is 2.00 bits per heavy atom. The van der Waals surface area contributed by atoms with E-state index in [0.717, 1.165) is 13.1 Å². The summed E-state index contributed by atoms with van der Waals surface area (Å²) in [6.07, 6.45) is 0.244. The molecule has 1 aliphatic heterocycles. The van der Waals surface area contributed by atoms with E-state index >= 15 is 0 Å². The molecule has 76 valence electrons. The summed E-state index contributed by atoms with van der Waals surface area (Å²) in [6.45, 7) is 3.96. The summed E-state index contributed by atoms with van der Waals surface area (Å²) in [5.41, 5.74) is 0. The molecule has 1 heterocycles. The van der Waals surface area contributed by atoms with Crippen molar-refractivity contribution in [3.05, 3.63) is 0 Å². The topological polar surface area (TPSA) is 43.8 Å². The van der Waals surface area contributed by atoms with Crippen molar-refractivity contribution in [2.75, 3.05) is 27.2 Å². The largest absolute Gasteiger partial charge is 0.481 e. The summed E-state index contributed by atoms with van der Waals surface area (Å²) < 4.78 is 0. The number of rotatable bonds is 2. The number of carbonyl (C=O) groups is 1. The third-order valence-electron chi connectivity index (χ3n) is 2.84. The van der Waals surface area contributed by atoms with Crippen LogP contribution in [0.2, 0.25) is 0 Å². The maximum absolute atomic E-state index is 10.6. The van der Waals surface area contributed by atoms with Crippen LogP contribution in [-0.2, 0) is 4.79 Å². The summed E-state index contributed by atoms with van der Waals surface area (Å²) in [4.78, 5) is 14.9. The van der Waals surface area contributed by atoms with E-state index in [-0.39, 0.29) is 12.5 Å². The molecule has 0 amide bonds. The molecule has 2 atom stereocenters. The third kappa shape index (κ3) is 2.67. The zero-order valence-corrected chi connectivity index (χ0v) is 8.53. The number of nitrogens with zero attached hydrogens (tertiary/aromatic N) is 2. The van der Waals surface area contributed by atoms with Gasteiger partial charge >= 0.3 is 5.97 Å². The number of piperazine rings is 1. The van der Waals surface area contributed by atoms with Gasteiger partial charge in [-0.25, -0.2) is 0 Å². The van der Waals surface area contributed by atoms with Crippen molar-refractivity contribution in [2.24, 2.45) is 0 Å². The van der Waals surface area contributed by atoms with E-state index < -0.39 is 5.97 Å². The minimum Gasteiger partial charge on any atom is -0.481 e. The van der Waals surface area contributed by atoms with E-state index in [1.807, 2.05) is 14.1 Å². The fourth-order valence-electron chi connectivity index (χ4n) is 1.78. The maximum Gasteiger partial charge on any atom is 0.304 e. The van der Waals surface area contributed by atoms with Crippen LogP contribution in [0.15, 0.2) is 0 Å². The fraction of sp³-hybridized carbons (Fsp3) is 0.889. The predicted octanol–water partition coefficient (Wildman–Crippen LogP) is 0.0954. The fourth-order valence-corrected chi connectivity index (χ4v) is 1.78. The molecule has 13 heavy (non-hydrogen) atoms. The van der Waals surface area contributed by atoms with Crippen molar-refractivity contribution in [2.45, 2.75) is 25.4 Å². The van der Waals surface area contributed by atoms with Gasteiger partial charge in [0.15, 0.2) is 0 Å². The molecule has 0 spiro atoms. The molecule has 1 rings (SSSR count). The van der Waals surface area contributed by atoms with Gasteiger partial charge in [0, 0.05) is 25.2 Å². The second kappa shape index (κ2) is 4.07. The lowest BCUT2D eigenvalue weighted by atomic mass is 10.1. The lowest BCUT2D eigenvalue weighted by Gasteiger charge is -2.41. The standard InChI is InChI=1S/C9H18N2O2/c1-7-5-11(3)8(4-9(12)13)6-10(7)2/h7-8H,4-6H2,1-3H3,(H,12,13)/t7-,8+/m0/s1. The quantitative estimate of drug-likeness (QED) is 0.664. The average Bonchev–Trinajstić information content (AvgIpc) is 1.99. The lowest BCUT2D eigenvalue weighted by molar-refractivity contribution is -0.139. The summed E-state index contributed by atoms with van der Waals surface area (Å²) in [5, 5.41) is 8.69. The monoisotopic (exact) mass is 186 g/mol. The molecule has 4 heteroatoms. The van der Waals surface area contributed by atoms with E-state index in [1.54, 1.807) is 0 Å². The van der Waals surface area contributed by atoms with Crippen LogP contribution in [0.5, 0.6) is 0 Å². The van der Waals surface area contributed by atoms with E-state index in [9.17, 15) is 4.79 Å². The number of carboxylic acid groups (broad SMARTS) is 1. The summed E-state index contributed by atoms with van der Waals surface area (Å²) >= 11 is 0. The van der Waals surface area contributed by atoms with Crippen LogP contribution in [0.3, 0.4) is 0 Å². The minimum absolute atomic E-state index is 0.165. The molecule has 1 aliphatic rings. The second-order valence-electron chi connectivity index (χ2n) is 3.98. The molecule has 0 aromatic heterocycles. The Hall–Kier alpha value is -0.610. The van der Waals surface area contributed by atoms with Crippen LogP contribution in [0.4, 0.5) is 0 Å².